The van der Waals surface area contributed by atoms with Crippen molar-refractivity contribution in [3.63, 3.8) is 0 Å². The van der Waals surface area contributed by atoms with Crippen LogP contribution in [0.4, 0.5) is 5.82 Å². The summed E-state index contributed by atoms with van der Waals surface area (Å²) in [7, 11) is 0. The van der Waals surface area contributed by atoms with Crippen LogP contribution >= 0.6 is 0 Å². The molecule has 6 N–H and O–H groups in total. The molecule has 0 radical (unpaired) electrons. The number of aromatic nitrogens is 2. The molecule has 0 aliphatic heterocycles. The average molecular weight is 278 g/mol. The van der Waals surface area contributed by atoms with E-state index in [-0.39, 0.29) is 23.2 Å². The van der Waals surface area contributed by atoms with Crippen LogP contribution in [0, 0.1) is 0 Å². The lowest BCUT2D eigenvalue weighted by atomic mass is 10.4. The largest absolute Gasteiger partial charge is 0.379 e. The molecule has 1 aromatic rings. The predicted molar refractivity (Wildman–Crippen MR) is 63.3 cm³/mol. The van der Waals surface area contributed by atoms with Crippen LogP contribution in [0.3, 0.4) is 0 Å². The van der Waals surface area contributed by atoms with Crippen LogP contribution in [0.1, 0.15) is 12.1 Å². The monoisotopic (exact) mass is 278 g/mol. The topological polar surface area (TPSA) is 159 Å². The van der Waals surface area contributed by atoms with Crippen molar-refractivity contribution < 1.29 is 18.6 Å². The molecule has 1 unspecified atom stereocenters. The highest BCUT2D eigenvalue weighted by atomic mass is 32.2. The number of hydrogen-bond donors (Lipinski definition) is 5. The van der Waals surface area contributed by atoms with Gasteiger partial charge >= 0.3 is 0 Å². The summed E-state index contributed by atoms with van der Waals surface area (Å²) < 4.78 is 23.2. The quantitative estimate of drug-likeness (QED) is 0.132. The molecule has 1 atom stereocenters. The van der Waals surface area contributed by atoms with Crippen molar-refractivity contribution in [2.75, 3.05) is 24.7 Å². The molecular formula is C7H14N6O4S. The number of aliphatic imine (C=N–C) groups is 1. The highest BCUT2D eigenvalue weighted by Gasteiger charge is 2.12. The molecule has 1 rings (SSSR count). The number of nitrogens with one attached hydrogen (secondary N) is 2. The standard InChI is InChI=1S/C7H14N6O4S/c8-6-5(12-17-13-6)7(11-14)10-3-1-2-9-4-18(15)16/h9,14H,1-4H2,(H2,8,13)(H,10,11)(H,15,16). The van der Waals surface area contributed by atoms with Gasteiger partial charge in [-0.1, -0.05) is 0 Å². The first-order chi connectivity index (χ1) is 8.65. The molecule has 0 amide bonds. The summed E-state index contributed by atoms with van der Waals surface area (Å²) in [6.07, 6.45) is 0.605. The molecule has 0 saturated carbocycles. The van der Waals surface area contributed by atoms with Gasteiger partial charge in [0.25, 0.3) is 0 Å². The maximum atomic E-state index is 10.3. The maximum Gasteiger partial charge on any atom is 0.199 e. The van der Waals surface area contributed by atoms with Gasteiger partial charge in [0, 0.05) is 6.54 Å². The average Bonchev–Trinajstić information content (AvgIpc) is 2.74. The molecule has 0 fully saturated rings. The van der Waals surface area contributed by atoms with Crippen LogP contribution in [0.25, 0.3) is 0 Å². The van der Waals surface area contributed by atoms with E-state index < -0.39 is 11.1 Å². The Kier molecular flexibility index (Phi) is 6.21. The fraction of sp³-hybridized carbons (Fsp3) is 0.571. The summed E-state index contributed by atoms with van der Waals surface area (Å²) in [5.41, 5.74) is 7.41. The van der Waals surface area contributed by atoms with Gasteiger partial charge in [-0.05, 0) is 23.3 Å². The van der Waals surface area contributed by atoms with Crippen molar-refractivity contribution in [2.45, 2.75) is 6.42 Å². The van der Waals surface area contributed by atoms with Gasteiger partial charge in [-0.25, -0.2) is 8.84 Å². The number of nitrogens with zero attached hydrogens (tertiary/aromatic N) is 3. The number of hydroxylamine groups is 1. The van der Waals surface area contributed by atoms with E-state index >= 15 is 0 Å². The van der Waals surface area contributed by atoms with E-state index in [2.05, 4.69) is 25.3 Å². The Balaban J connectivity index is 2.36. The molecule has 18 heavy (non-hydrogen) atoms. The first-order valence-electron chi connectivity index (χ1n) is 4.96. The number of nitrogens with two attached hydrogens (primary N) is 1. The minimum Gasteiger partial charge on any atom is -0.379 e. The summed E-state index contributed by atoms with van der Waals surface area (Å²) in [5, 5.41) is 18.4. The molecule has 10 nitrogen and oxygen atoms in total. The lowest BCUT2D eigenvalue weighted by Gasteiger charge is -2.02. The SMILES string of the molecule is Nc1nonc1C(=NCCCNCS(=O)O)NO. The second kappa shape index (κ2) is 7.71. The molecule has 102 valence electrons. The van der Waals surface area contributed by atoms with Crippen LogP contribution < -0.4 is 16.5 Å². The predicted octanol–water partition coefficient (Wildman–Crippen LogP) is -1.46. The maximum absolute atomic E-state index is 10.3. The van der Waals surface area contributed by atoms with Crippen molar-refractivity contribution in [3.8, 4) is 0 Å². The Morgan fingerprint density at radius 3 is 2.89 bits per heavy atom. The molecule has 11 heteroatoms. The summed E-state index contributed by atoms with van der Waals surface area (Å²) in [5.74, 6) is 0.0817. The zero-order valence-electron chi connectivity index (χ0n) is 9.37. The highest BCUT2D eigenvalue weighted by molar-refractivity contribution is 7.79. The van der Waals surface area contributed by atoms with Crippen LogP contribution in [0.5, 0.6) is 0 Å². The smallest absolute Gasteiger partial charge is 0.199 e. The molecule has 0 spiro atoms. The van der Waals surface area contributed by atoms with Crippen molar-refractivity contribution in [1.82, 2.24) is 21.1 Å². The number of anilines is 1. The van der Waals surface area contributed by atoms with E-state index in [4.69, 9.17) is 15.5 Å². The second-order valence-electron chi connectivity index (χ2n) is 3.16. The lowest BCUT2D eigenvalue weighted by Crippen LogP contribution is -2.24. The first kappa shape index (κ1) is 14.5. The second-order valence-corrected chi connectivity index (χ2v) is 4.09. The minimum atomic E-state index is -1.86. The molecular weight excluding hydrogens is 264 g/mol. The Labute approximate surface area is 105 Å². The molecule has 0 saturated heterocycles. The highest BCUT2D eigenvalue weighted by Crippen LogP contribution is 2.04. The Morgan fingerprint density at radius 2 is 2.33 bits per heavy atom. The van der Waals surface area contributed by atoms with E-state index in [9.17, 15) is 4.21 Å². The van der Waals surface area contributed by atoms with Gasteiger partial charge in [-0.2, -0.15) is 0 Å². The summed E-state index contributed by atoms with van der Waals surface area (Å²) >= 11 is -1.86. The van der Waals surface area contributed by atoms with Crippen molar-refractivity contribution in [2.24, 2.45) is 4.99 Å². The van der Waals surface area contributed by atoms with Gasteiger partial charge in [-0.15, -0.1) is 0 Å². The van der Waals surface area contributed by atoms with Crippen molar-refractivity contribution in [1.29, 1.82) is 0 Å². The van der Waals surface area contributed by atoms with Gasteiger partial charge in [0.15, 0.2) is 28.4 Å². The zero-order valence-corrected chi connectivity index (χ0v) is 10.2. The minimum absolute atomic E-state index is 0.00890. The third-order valence-corrected chi connectivity index (χ3v) is 2.30. The van der Waals surface area contributed by atoms with E-state index in [1.54, 1.807) is 0 Å². The number of nitrogen functional groups attached to an aromatic ring is 1. The fourth-order valence-corrected chi connectivity index (χ4v) is 1.40. The Hall–Kier alpha value is -1.56. The lowest BCUT2D eigenvalue weighted by molar-refractivity contribution is 0.233. The third-order valence-electron chi connectivity index (χ3n) is 1.85. The Morgan fingerprint density at radius 1 is 1.56 bits per heavy atom. The van der Waals surface area contributed by atoms with Gasteiger partial charge < -0.3 is 15.6 Å². The van der Waals surface area contributed by atoms with Crippen LogP contribution in [0.2, 0.25) is 0 Å². The summed E-state index contributed by atoms with van der Waals surface area (Å²) in [6.45, 7) is 0.876. The Bertz CT molecular complexity index is 422. The van der Waals surface area contributed by atoms with Crippen LogP contribution in [0.15, 0.2) is 9.62 Å². The molecule has 1 aromatic heterocycles. The summed E-state index contributed by atoms with van der Waals surface area (Å²) in [6, 6.07) is 0. The van der Waals surface area contributed by atoms with Gasteiger partial charge in [-0.3, -0.25) is 15.7 Å². The molecule has 0 aliphatic rings. The molecule has 0 aromatic carbocycles. The number of rotatable bonds is 7. The van der Waals surface area contributed by atoms with Crippen LogP contribution in [-0.4, -0.2) is 49.1 Å². The van der Waals surface area contributed by atoms with Gasteiger partial charge in [0.2, 0.25) is 0 Å². The normalized spacial score (nSPS) is 13.6. The van der Waals surface area contributed by atoms with Gasteiger partial charge in [0.05, 0.1) is 5.88 Å². The summed E-state index contributed by atoms with van der Waals surface area (Å²) in [4.78, 5) is 4.00. The van der Waals surface area contributed by atoms with E-state index in [0.29, 0.717) is 19.5 Å². The number of amidine groups is 1. The number of hydrogen-bond acceptors (Lipinski definition) is 8. The van der Waals surface area contributed by atoms with E-state index in [1.165, 1.54) is 0 Å². The zero-order chi connectivity index (χ0) is 13.4. The van der Waals surface area contributed by atoms with Crippen molar-refractivity contribution in [3.05, 3.63) is 5.69 Å². The van der Waals surface area contributed by atoms with E-state index in [0.717, 1.165) is 0 Å². The van der Waals surface area contributed by atoms with Gasteiger partial charge in [0.1, 0.15) is 0 Å². The van der Waals surface area contributed by atoms with Crippen molar-refractivity contribution >= 4 is 22.7 Å². The van der Waals surface area contributed by atoms with E-state index in [1.807, 2.05) is 5.48 Å². The third kappa shape index (κ3) is 4.75. The molecule has 0 aliphatic carbocycles. The van der Waals surface area contributed by atoms with Crippen LogP contribution in [-0.2, 0) is 11.1 Å². The first-order valence-corrected chi connectivity index (χ1v) is 6.24. The molecule has 1 heterocycles. The molecule has 0 bridgehead atoms. The fourth-order valence-electron chi connectivity index (χ4n) is 1.08.